The fourth-order valence-electron chi connectivity index (χ4n) is 2.22. The molecule has 0 fully saturated rings. The molecule has 0 aromatic heterocycles. The number of thiocarbonyl (C=S) groups is 1. The van der Waals surface area contributed by atoms with Gasteiger partial charge in [0.05, 0.1) is 26.4 Å². The molecule has 1 aliphatic rings. The fourth-order valence-corrected chi connectivity index (χ4v) is 2.22. The first-order valence-electron chi connectivity index (χ1n) is 8.05. The van der Waals surface area contributed by atoms with Crippen LogP contribution in [0.5, 0.6) is 23.0 Å². The number of hydrogen-bond acceptors (Lipinski definition) is 5. The van der Waals surface area contributed by atoms with Crippen molar-refractivity contribution >= 4 is 17.4 Å². The second-order valence-electron chi connectivity index (χ2n) is 5.09. The molecule has 2 aromatic rings. The molecule has 0 N–H and O–H groups in total. The van der Waals surface area contributed by atoms with Crippen LogP contribution in [0.1, 0.15) is 12.8 Å². The normalized spacial score (nSPS) is 13.5. The molecule has 0 aliphatic carbocycles. The standard InChI is InChI=1S/C18H20O4.CNS.Li/c1-2-8-16-15(7-1)19-11-5-13-21-17-9-3-4-10-18(17)22-14-6-12-20-16;2-1-3;/h1-4,7-10H,5-6,11-14H2;;/q;-1;+1. The SMILES string of the molecule is [Li+].[N-]=C=S.c1ccc2c(c1)OCCCOc1ccccc1OCCCO2. The summed E-state index contributed by atoms with van der Waals surface area (Å²) in [5.41, 5.74) is 0. The van der Waals surface area contributed by atoms with Gasteiger partial charge in [0.15, 0.2) is 23.0 Å². The number of hydrogen-bond donors (Lipinski definition) is 0. The molecule has 1 heterocycles. The second kappa shape index (κ2) is 13.3. The maximum Gasteiger partial charge on any atom is 1.00 e. The van der Waals surface area contributed by atoms with Gasteiger partial charge in [-0.1, -0.05) is 36.5 Å². The summed E-state index contributed by atoms with van der Waals surface area (Å²) < 4.78 is 23.1. The summed E-state index contributed by atoms with van der Waals surface area (Å²) in [6.45, 7) is 2.35. The Hall–Kier alpha value is -1.96. The van der Waals surface area contributed by atoms with Crippen molar-refractivity contribution in [1.29, 1.82) is 0 Å². The van der Waals surface area contributed by atoms with Crippen molar-refractivity contribution in [1.82, 2.24) is 0 Å². The zero-order chi connectivity index (χ0) is 17.7. The Morgan fingerprint density at radius 2 is 0.885 bits per heavy atom. The van der Waals surface area contributed by atoms with Crippen LogP contribution in [0.4, 0.5) is 0 Å². The summed E-state index contributed by atoms with van der Waals surface area (Å²) >= 11 is 3.70. The van der Waals surface area contributed by atoms with Crippen LogP contribution < -0.4 is 37.8 Å². The summed E-state index contributed by atoms with van der Waals surface area (Å²) in [6, 6.07) is 15.5. The first-order valence-corrected chi connectivity index (χ1v) is 8.46. The van der Waals surface area contributed by atoms with E-state index < -0.39 is 0 Å². The molecule has 1 aliphatic heterocycles. The quantitative estimate of drug-likeness (QED) is 0.401. The average Bonchev–Trinajstić information content (AvgIpc) is 2.63. The molecule has 26 heavy (non-hydrogen) atoms. The number of para-hydroxylation sites is 4. The molecule has 2 aromatic carbocycles. The summed E-state index contributed by atoms with van der Waals surface area (Å²) in [5.74, 6) is 3.11. The van der Waals surface area contributed by atoms with Crippen molar-refractivity contribution in [2.24, 2.45) is 0 Å². The van der Waals surface area contributed by atoms with E-state index in [1.165, 1.54) is 5.16 Å². The van der Waals surface area contributed by atoms with E-state index in [9.17, 15) is 0 Å². The van der Waals surface area contributed by atoms with Gasteiger partial charge in [-0.05, 0) is 24.3 Å². The Morgan fingerprint density at radius 3 is 1.12 bits per heavy atom. The number of rotatable bonds is 0. The van der Waals surface area contributed by atoms with Gasteiger partial charge in [0.2, 0.25) is 0 Å². The van der Waals surface area contributed by atoms with Gasteiger partial charge in [-0.15, -0.1) is 0 Å². The topological polar surface area (TPSA) is 59.2 Å². The molecule has 0 bridgehead atoms. The Labute approximate surface area is 171 Å². The van der Waals surface area contributed by atoms with Crippen molar-refractivity contribution in [2.45, 2.75) is 12.8 Å². The van der Waals surface area contributed by atoms with E-state index in [4.69, 9.17) is 24.4 Å². The van der Waals surface area contributed by atoms with Gasteiger partial charge in [0.25, 0.3) is 0 Å². The van der Waals surface area contributed by atoms with Crippen molar-refractivity contribution < 1.29 is 37.8 Å². The summed E-state index contributed by atoms with van der Waals surface area (Å²) in [5, 5.41) is 8.47. The minimum absolute atomic E-state index is 0. The fraction of sp³-hybridized carbons (Fsp3) is 0.316. The second-order valence-corrected chi connectivity index (χ2v) is 5.27. The van der Waals surface area contributed by atoms with E-state index >= 15 is 0 Å². The third kappa shape index (κ3) is 7.51. The average molecular weight is 365 g/mol. The van der Waals surface area contributed by atoms with E-state index in [1.54, 1.807) is 0 Å². The third-order valence-electron chi connectivity index (χ3n) is 3.31. The van der Waals surface area contributed by atoms with Gasteiger partial charge in [-0.25, -0.2) is 0 Å². The van der Waals surface area contributed by atoms with Crippen LogP contribution in [0.3, 0.4) is 0 Å². The summed E-state index contributed by atoms with van der Waals surface area (Å²) in [7, 11) is 0. The van der Waals surface area contributed by atoms with Crippen LogP contribution in [0, 0.1) is 0 Å². The Bertz CT molecular complexity index is 589. The number of ether oxygens (including phenoxy) is 4. The monoisotopic (exact) mass is 365 g/mol. The molecule has 3 rings (SSSR count). The van der Waals surface area contributed by atoms with E-state index in [0.717, 1.165) is 35.8 Å². The Kier molecular flexibility index (Phi) is 11.3. The largest absolute Gasteiger partial charge is 1.00 e. The van der Waals surface area contributed by atoms with Crippen molar-refractivity contribution in [3.8, 4) is 23.0 Å². The molecule has 0 amide bonds. The molecule has 0 saturated heterocycles. The molecule has 0 saturated carbocycles. The number of nitrogens with zero attached hydrogens (tertiary/aromatic N) is 1. The van der Waals surface area contributed by atoms with Crippen LogP contribution in [-0.4, -0.2) is 31.6 Å². The molecule has 0 unspecified atom stereocenters. The molecule has 0 atom stereocenters. The molecular weight excluding hydrogens is 345 g/mol. The van der Waals surface area contributed by atoms with Gasteiger partial charge in [0.1, 0.15) is 0 Å². The maximum atomic E-state index is 7.13. The number of isothiocyanates is 1. The zero-order valence-corrected chi connectivity index (χ0v) is 15.7. The maximum absolute atomic E-state index is 7.13. The van der Waals surface area contributed by atoms with E-state index in [2.05, 4.69) is 12.2 Å². The first-order chi connectivity index (χ1) is 12.3. The molecule has 0 spiro atoms. The first kappa shape index (κ1) is 22.1. The van der Waals surface area contributed by atoms with Crippen LogP contribution >= 0.6 is 12.2 Å². The molecule has 7 heteroatoms. The minimum atomic E-state index is 0. The third-order valence-corrected chi connectivity index (χ3v) is 3.31. The predicted octanol–water partition coefficient (Wildman–Crippen LogP) is 1.36. The van der Waals surface area contributed by atoms with Crippen LogP contribution in [0.2, 0.25) is 0 Å². The number of fused-ring (bicyclic) bond motifs is 2. The van der Waals surface area contributed by atoms with Crippen LogP contribution in [-0.2, 0) is 0 Å². The van der Waals surface area contributed by atoms with E-state index in [-0.39, 0.29) is 18.9 Å². The summed E-state index contributed by atoms with van der Waals surface area (Å²) in [6.07, 6.45) is 1.59. The molecule has 0 radical (unpaired) electrons. The molecular formula is C19H20LiNO4S. The molecule has 132 valence electrons. The van der Waals surface area contributed by atoms with Crippen molar-refractivity contribution in [3.63, 3.8) is 0 Å². The van der Waals surface area contributed by atoms with Crippen LogP contribution in [0.15, 0.2) is 48.5 Å². The van der Waals surface area contributed by atoms with Gasteiger partial charge in [0, 0.05) is 12.8 Å². The van der Waals surface area contributed by atoms with Crippen molar-refractivity contribution in [2.75, 3.05) is 26.4 Å². The van der Waals surface area contributed by atoms with E-state index in [1.807, 2.05) is 48.5 Å². The van der Waals surface area contributed by atoms with Gasteiger partial charge >= 0.3 is 18.9 Å². The van der Waals surface area contributed by atoms with Crippen LogP contribution in [0.25, 0.3) is 5.41 Å². The summed E-state index contributed by atoms with van der Waals surface area (Å²) in [4.78, 5) is 0. The Morgan fingerprint density at radius 1 is 0.654 bits per heavy atom. The minimum Gasteiger partial charge on any atom is -0.753 e. The van der Waals surface area contributed by atoms with Gasteiger partial charge in [-0.2, -0.15) is 5.16 Å². The zero-order valence-electron chi connectivity index (χ0n) is 14.8. The predicted molar refractivity (Wildman–Crippen MR) is 100 cm³/mol. The Balaban J connectivity index is 0.000000791. The van der Waals surface area contributed by atoms with Crippen molar-refractivity contribution in [3.05, 3.63) is 53.9 Å². The van der Waals surface area contributed by atoms with E-state index in [0.29, 0.717) is 26.4 Å². The van der Waals surface area contributed by atoms with Gasteiger partial charge in [-0.3, -0.25) is 0 Å². The number of benzene rings is 2. The van der Waals surface area contributed by atoms with Gasteiger partial charge < -0.3 is 24.4 Å². The smallest absolute Gasteiger partial charge is 0.753 e. The molecule has 5 nitrogen and oxygen atoms in total.